The van der Waals surface area contributed by atoms with E-state index in [0.717, 1.165) is 19.3 Å². The zero-order chi connectivity index (χ0) is 10.1. The normalized spacial score (nSPS) is 39.1. The second-order valence-electron chi connectivity index (χ2n) is 4.80. The summed E-state index contributed by atoms with van der Waals surface area (Å²) in [6, 6.07) is 1.34. The van der Waals surface area contributed by atoms with E-state index in [2.05, 4.69) is 11.8 Å². The Morgan fingerprint density at radius 1 is 1.36 bits per heavy atom. The van der Waals surface area contributed by atoms with Crippen molar-refractivity contribution < 1.29 is 4.79 Å². The second kappa shape index (κ2) is 3.89. The van der Waals surface area contributed by atoms with E-state index in [4.69, 9.17) is 5.73 Å². The molecule has 0 spiro atoms. The fourth-order valence-electron chi connectivity index (χ4n) is 3.02. The molecule has 2 aliphatic rings. The average Bonchev–Trinajstić information content (AvgIpc) is 2.71. The Bertz CT molecular complexity index is 229. The number of primary amides is 1. The van der Waals surface area contributed by atoms with Gasteiger partial charge in [-0.05, 0) is 45.6 Å². The van der Waals surface area contributed by atoms with Gasteiger partial charge in [-0.2, -0.15) is 0 Å². The van der Waals surface area contributed by atoms with E-state index in [-0.39, 0.29) is 11.8 Å². The third kappa shape index (κ3) is 1.78. The number of hydrogen-bond donors (Lipinski definition) is 1. The van der Waals surface area contributed by atoms with Gasteiger partial charge in [-0.25, -0.2) is 0 Å². The minimum absolute atomic E-state index is 0.0978. The molecule has 3 heteroatoms. The lowest BCUT2D eigenvalue weighted by molar-refractivity contribution is -0.121. The molecule has 0 radical (unpaired) electrons. The van der Waals surface area contributed by atoms with Gasteiger partial charge in [0.05, 0.1) is 0 Å². The highest BCUT2D eigenvalue weighted by atomic mass is 16.1. The van der Waals surface area contributed by atoms with Crippen LogP contribution in [0, 0.1) is 5.92 Å². The molecule has 0 aromatic heterocycles. The zero-order valence-corrected chi connectivity index (χ0v) is 8.91. The van der Waals surface area contributed by atoms with Crippen molar-refractivity contribution >= 4 is 5.91 Å². The van der Waals surface area contributed by atoms with Gasteiger partial charge in [-0.3, -0.25) is 9.69 Å². The molecule has 80 valence electrons. The molecular weight excluding hydrogens is 176 g/mol. The Hall–Kier alpha value is -0.570. The maximum absolute atomic E-state index is 11.0. The number of amides is 1. The van der Waals surface area contributed by atoms with Crippen LogP contribution in [0.4, 0.5) is 0 Å². The first kappa shape index (κ1) is 9.97. The summed E-state index contributed by atoms with van der Waals surface area (Å²) in [5.41, 5.74) is 5.34. The number of carbonyl (C=O) groups excluding carboxylic acids is 1. The van der Waals surface area contributed by atoms with Crippen molar-refractivity contribution in [2.24, 2.45) is 11.7 Å². The summed E-state index contributed by atoms with van der Waals surface area (Å²) in [6.07, 6.45) is 5.80. The summed E-state index contributed by atoms with van der Waals surface area (Å²) >= 11 is 0. The van der Waals surface area contributed by atoms with Crippen molar-refractivity contribution in [2.75, 3.05) is 6.54 Å². The largest absolute Gasteiger partial charge is 0.369 e. The van der Waals surface area contributed by atoms with Crippen molar-refractivity contribution in [2.45, 2.75) is 51.1 Å². The fraction of sp³-hybridized carbons (Fsp3) is 0.909. The molecule has 2 unspecified atom stereocenters. The molecule has 1 aliphatic heterocycles. The molecule has 1 saturated carbocycles. The molecule has 0 bridgehead atoms. The van der Waals surface area contributed by atoms with Crippen molar-refractivity contribution in [3.63, 3.8) is 0 Å². The number of nitrogens with two attached hydrogens (primary N) is 1. The number of nitrogens with zero attached hydrogens (tertiary/aromatic N) is 1. The molecule has 1 heterocycles. The van der Waals surface area contributed by atoms with Gasteiger partial charge in [0.25, 0.3) is 0 Å². The number of likely N-dealkylation sites (tertiary alicyclic amines) is 1. The van der Waals surface area contributed by atoms with Crippen molar-refractivity contribution in [3.8, 4) is 0 Å². The first-order chi connectivity index (χ1) is 6.68. The van der Waals surface area contributed by atoms with Crippen LogP contribution in [0.2, 0.25) is 0 Å². The highest BCUT2D eigenvalue weighted by molar-refractivity contribution is 5.77. The van der Waals surface area contributed by atoms with Crippen molar-refractivity contribution in [1.82, 2.24) is 4.90 Å². The highest BCUT2D eigenvalue weighted by Crippen LogP contribution is 2.33. The zero-order valence-electron chi connectivity index (χ0n) is 8.91. The smallest absolute Gasteiger partial charge is 0.220 e. The molecule has 2 rings (SSSR count). The van der Waals surface area contributed by atoms with Gasteiger partial charge in [0, 0.05) is 18.0 Å². The van der Waals surface area contributed by atoms with Crippen LogP contribution in [0.15, 0.2) is 0 Å². The van der Waals surface area contributed by atoms with E-state index in [0.29, 0.717) is 12.1 Å². The SMILES string of the molecule is C[C@H]1CCCN1C1CCC(C(N)=O)C1. The Morgan fingerprint density at radius 3 is 2.64 bits per heavy atom. The van der Waals surface area contributed by atoms with E-state index < -0.39 is 0 Å². The molecule has 14 heavy (non-hydrogen) atoms. The summed E-state index contributed by atoms with van der Waals surface area (Å²) in [7, 11) is 0. The van der Waals surface area contributed by atoms with Gasteiger partial charge in [0.1, 0.15) is 0 Å². The van der Waals surface area contributed by atoms with Crippen LogP contribution in [-0.4, -0.2) is 29.4 Å². The molecule has 3 nitrogen and oxygen atoms in total. The maximum Gasteiger partial charge on any atom is 0.220 e. The summed E-state index contributed by atoms with van der Waals surface area (Å²) in [5, 5.41) is 0. The minimum Gasteiger partial charge on any atom is -0.369 e. The van der Waals surface area contributed by atoms with E-state index >= 15 is 0 Å². The molecule has 3 atom stereocenters. The third-order valence-electron chi connectivity index (χ3n) is 3.88. The molecular formula is C11H20N2O. The van der Waals surface area contributed by atoms with Gasteiger partial charge in [0.15, 0.2) is 0 Å². The van der Waals surface area contributed by atoms with E-state index in [1.165, 1.54) is 19.4 Å². The molecule has 2 fully saturated rings. The molecule has 1 amide bonds. The number of hydrogen-bond acceptors (Lipinski definition) is 2. The predicted molar refractivity (Wildman–Crippen MR) is 55.7 cm³/mol. The molecule has 1 aliphatic carbocycles. The quantitative estimate of drug-likeness (QED) is 0.719. The lowest BCUT2D eigenvalue weighted by Gasteiger charge is -2.28. The van der Waals surface area contributed by atoms with Crippen molar-refractivity contribution in [1.29, 1.82) is 0 Å². The molecule has 0 aromatic rings. The summed E-state index contributed by atoms with van der Waals surface area (Å²) in [4.78, 5) is 13.6. The van der Waals surface area contributed by atoms with E-state index in [9.17, 15) is 4.79 Å². The lowest BCUT2D eigenvalue weighted by Crippen LogP contribution is -2.36. The summed E-state index contributed by atoms with van der Waals surface area (Å²) in [6.45, 7) is 3.52. The predicted octanol–water partition coefficient (Wildman–Crippen LogP) is 1.12. The molecule has 1 saturated heterocycles. The average molecular weight is 196 g/mol. The highest BCUT2D eigenvalue weighted by Gasteiger charge is 2.35. The van der Waals surface area contributed by atoms with Gasteiger partial charge < -0.3 is 5.73 Å². The van der Waals surface area contributed by atoms with Crippen LogP contribution in [-0.2, 0) is 4.79 Å². The topological polar surface area (TPSA) is 46.3 Å². The Labute approximate surface area is 85.6 Å². The van der Waals surface area contributed by atoms with Crippen LogP contribution >= 0.6 is 0 Å². The third-order valence-corrected chi connectivity index (χ3v) is 3.88. The standard InChI is InChI=1S/C11H20N2O/c1-8-3-2-6-13(8)10-5-4-9(7-10)11(12)14/h8-10H,2-7H2,1H3,(H2,12,14)/t8-,9?,10?/m0/s1. The van der Waals surface area contributed by atoms with E-state index in [1.54, 1.807) is 0 Å². The number of carbonyl (C=O) groups is 1. The number of rotatable bonds is 2. The summed E-state index contributed by atoms with van der Waals surface area (Å²) < 4.78 is 0. The summed E-state index contributed by atoms with van der Waals surface area (Å²) in [5.74, 6) is 0.0483. The van der Waals surface area contributed by atoms with Crippen LogP contribution in [0.1, 0.15) is 39.0 Å². The van der Waals surface area contributed by atoms with E-state index in [1.807, 2.05) is 0 Å². The van der Waals surface area contributed by atoms with Gasteiger partial charge in [0.2, 0.25) is 5.91 Å². The van der Waals surface area contributed by atoms with Crippen LogP contribution in [0.25, 0.3) is 0 Å². The van der Waals surface area contributed by atoms with Gasteiger partial charge >= 0.3 is 0 Å². The maximum atomic E-state index is 11.0. The minimum atomic E-state index is -0.0978. The lowest BCUT2D eigenvalue weighted by atomic mass is 10.1. The fourth-order valence-corrected chi connectivity index (χ4v) is 3.02. The van der Waals surface area contributed by atoms with Crippen LogP contribution in [0.5, 0.6) is 0 Å². The van der Waals surface area contributed by atoms with Gasteiger partial charge in [-0.15, -0.1) is 0 Å². The molecule has 2 N–H and O–H groups in total. The van der Waals surface area contributed by atoms with Gasteiger partial charge in [-0.1, -0.05) is 0 Å². The van der Waals surface area contributed by atoms with Crippen molar-refractivity contribution in [3.05, 3.63) is 0 Å². The second-order valence-corrected chi connectivity index (χ2v) is 4.80. The molecule has 0 aromatic carbocycles. The first-order valence-electron chi connectivity index (χ1n) is 5.73. The Balaban J connectivity index is 1.91. The Morgan fingerprint density at radius 2 is 2.14 bits per heavy atom. The monoisotopic (exact) mass is 196 g/mol. The Kier molecular flexibility index (Phi) is 2.77. The van der Waals surface area contributed by atoms with Crippen LogP contribution < -0.4 is 5.73 Å². The first-order valence-corrected chi connectivity index (χ1v) is 5.73. The van der Waals surface area contributed by atoms with Crippen LogP contribution in [0.3, 0.4) is 0 Å².